The quantitative estimate of drug-likeness (QED) is 0.854. The van der Waals surface area contributed by atoms with Gasteiger partial charge in [0.15, 0.2) is 0 Å². The van der Waals surface area contributed by atoms with E-state index in [0.717, 1.165) is 12.0 Å². The van der Waals surface area contributed by atoms with Crippen LogP contribution >= 0.6 is 0 Å². The maximum Gasteiger partial charge on any atom is 0.317 e. The van der Waals surface area contributed by atoms with E-state index in [2.05, 4.69) is 48.6 Å². The molecule has 2 rings (SSSR count). The highest BCUT2D eigenvalue weighted by Crippen LogP contribution is 2.09. The van der Waals surface area contributed by atoms with Crippen LogP contribution in [-0.4, -0.2) is 23.5 Å². The van der Waals surface area contributed by atoms with Crippen LogP contribution in [0.2, 0.25) is 0 Å². The van der Waals surface area contributed by atoms with Crippen molar-refractivity contribution in [2.24, 2.45) is 0 Å². The van der Waals surface area contributed by atoms with Gasteiger partial charge in [0.05, 0.1) is 0 Å². The van der Waals surface area contributed by atoms with Gasteiger partial charge in [-0.3, -0.25) is 0 Å². The number of nitrogens with one attached hydrogen (secondary N) is 1. The number of urea groups is 1. The van der Waals surface area contributed by atoms with Crippen LogP contribution in [-0.2, 0) is 13.0 Å². The van der Waals surface area contributed by atoms with Crippen molar-refractivity contribution in [3.05, 3.63) is 71.3 Å². The fourth-order valence-electron chi connectivity index (χ4n) is 2.55. The van der Waals surface area contributed by atoms with Gasteiger partial charge in [0, 0.05) is 19.1 Å². The van der Waals surface area contributed by atoms with Crippen LogP contribution in [0.3, 0.4) is 0 Å². The van der Waals surface area contributed by atoms with Gasteiger partial charge in [-0.25, -0.2) is 4.79 Å². The molecule has 0 fully saturated rings. The fraction of sp³-hybridized carbons (Fsp3) is 0.350. The van der Waals surface area contributed by atoms with E-state index in [4.69, 9.17) is 0 Å². The maximum atomic E-state index is 12.5. The molecule has 0 heterocycles. The van der Waals surface area contributed by atoms with E-state index < -0.39 is 0 Å². The molecule has 0 radical (unpaired) electrons. The molecule has 0 aliphatic rings. The number of nitrogens with zero attached hydrogens (tertiary/aromatic N) is 1. The normalized spacial score (nSPS) is 10.6. The summed E-state index contributed by atoms with van der Waals surface area (Å²) in [7, 11) is 0. The highest BCUT2D eigenvalue weighted by atomic mass is 16.2. The molecule has 0 unspecified atom stereocenters. The van der Waals surface area contributed by atoms with Crippen molar-refractivity contribution < 1.29 is 4.79 Å². The second-order valence-electron chi connectivity index (χ2n) is 6.18. The van der Waals surface area contributed by atoms with Gasteiger partial charge in [0.1, 0.15) is 0 Å². The summed E-state index contributed by atoms with van der Waals surface area (Å²) >= 11 is 0. The highest BCUT2D eigenvalue weighted by molar-refractivity contribution is 5.74. The monoisotopic (exact) mass is 310 g/mol. The fourth-order valence-corrected chi connectivity index (χ4v) is 2.55. The van der Waals surface area contributed by atoms with Gasteiger partial charge in [-0.05, 0) is 38.3 Å². The number of amides is 2. The second kappa shape index (κ2) is 8.37. The molecule has 0 bridgehead atoms. The Labute approximate surface area is 139 Å². The highest BCUT2D eigenvalue weighted by Gasteiger charge is 2.16. The number of rotatable bonds is 6. The predicted molar refractivity (Wildman–Crippen MR) is 95.4 cm³/mol. The Balaban J connectivity index is 1.88. The lowest BCUT2D eigenvalue weighted by atomic mass is 10.1. The van der Waals surface area contributed by atoms with Crippen molar-refractivity contribution in [1.82, 2.24) is 10.2 Å². The molecule has 3 heteroatoms. The summed E-state index contributed by atoms with van der Waals surface area (Å²) in [6.45, 7) is 7.46. The minimum Gasteiger partial charge on any atom is -0.338 e. The third-order valence-corrected chi connectivity index (χ3v) is 3.85. The molecule has 3 nitrogen and oxygen atoms in total. The summed E-state index contributed by atoms with van der Waals surface area (Å²) in [5, 5.41) is 3.04. The van der Waals surface area contributed by atoms with Crippen molar-refractivity contribution in [2.45, 2.75) is 39.8 Å². The molecule has 0 saturated heterocycles. The molecule has 122 valence electrons. The average Bonchev–Trinajstić information content (AvgIpc) is 2.53. The minimum atomic E-state index is -0.00324. The Kier molecular flexibility index (Phi) is 6.21. The summed E-state index contributed by atoms with van der Waals surface area (Å²) in [5.41, 5.74) is 3.65. The predicted octanol–water partition coefficient (Wildman–Crippen LogP) is 4.16. The topological polar surface area (TPSA) is 32.3 Å². The molecule has 0 aromatic heterocycles. The van der Waals surface area contributed by atoms with E-state index in [1.165, 1.54) is 11.1 Å². The average molecular weight is 310 g/mol. The number of hydrogen-bond acceptors (Lipinski definition) is 1. The summed E-state index contributed by atoms with van der Waals surface area (Å²) in [5.74, 6) is 0. The third-order valence-electron chi connectivity index (χ3n) is 3.85. The number of benzene rings is 2. The molecule has 0 aliphatic heterocycles. The molecule has 1 N–H and O–H groups in total. The Morgan fingerprint density at radius 2 is 1.74 bits per heavy atom. The van der Waals surface area contributed by atoms with Crippen LogP contribution in [0.5, 0.6) is 0 Å². The van der Waals surface area contributed by atoms with Crippen LogP contribution in [0, 0.1) is 6.92 Å². The van der Waals surface area contributed by atoms with E-state index >= 15 is 0 Å². The Morgan fingerprint density at radius 3 is 2.39 bits per heavy atom. The summed E-state index contributed by atoms with van der Waals surface area (Å²) in [6.07, 6.45) is 0.852. The maximum absolute atomic E-state index is 12.5. The van der Waals surface area contributed by atoms with E-state index in [1.54, 1.807) is 0 Å². The zero-order chi connectivity index (χ0) is 16.7. The van der Waals surface area contributed by atoms with Gasteiger partial charge in [-0.15, -0.1) is 0 Å². The molecule has 0 spiro atoms. The van der Waals surface area contributed by atoms with Gasteiger partial charge < -0.3 is 10.2 Å². The second-order valence-corrected chi connectivity index (χ2v) is 6.18. The molecular formula is C20H26N2O. The molecule has 0 saturated carbocycles. The first-order chi connectivity index (χ1) is 11.1. The third kappa shape index (κ3) is 5.44. The van der Waals surface area contributed by atoms with E-state index in [1.807, 2.05) is 36.9 Å². The first-order valence-corrected chi connectivity index (χ1v) is 8.20. The molecule has 2 aromatic carbocycles. The van der Waals surface area contributed by atoms with Gasteiger partial charge in [-0.1, -0.05) is 60.2 Å². The summed E-state index contributed by atoms with van der Waals surface area (Å²) < 4.78 is 0. The molecule has 0 aliphatic carbocycles. The van der Waals surface area contributed by atoms with Gasteiger partial charge in [-0.2, -0.15) is 0 Å². The number of aryl methyl sites for hydroxylation is 1. The van der Waals surface area contributed by atoms with Crippen molar-refractivity contribution in [1.29, 1.82) is 0 Å². The van der Waals surface area contributed by atoms with Crippen LogP contribution in [0.4, 0.5) is 4.79 Å². The summed E-state index contributed by atoms with van der Waals surface area (Å²) in [4.78, 5) is 14.3. The van der Waals surface area contributed by atoms with E-state index in [-0.39, 0.29) is 12.1 Å². The minimum absolute atomic E-state index is 0.00324. The van der Waals surface area contributed by atoms with Crippen LogP contribution in [0.25, 0.3) is 0 Å². The largest absolute Gasteiger partial charge is 0.338 e. The zero-order valence-electron chi connectivity index (χ0n) is 14.3. The zero-order valence-corrected chi connectivity index (χ0v) is 14.3. The van der Waals surface area contributed by atoms with E-state index in [9.17, 15) is 4.79 Å². The lowest BCUT2D eigenvalue weighted by Gasteiger charge is -2.27. The molecule has 23 heavy (non-hydrogen) atoms. The van der Waals surface area contributed by atoms with Crippen molar-refractivity contribution in [3.8, 4) is 0 Å². The van der Waals surface area contributed by atoms with Gasteiger partial charge in [0.25, 0.3) is 0 Å². The molecular weight excluding hydrogens is 284 g/mol. The van der Waals surface area contributed by atoms with E-state index in [0.29, 0.717) is 13.1 Å². The Morgan fingerprint density at radius 1 is 1.04 bits per heavy atom. The van der Waals surface area contributed by atoms with Crippen LogP contribution in [0.1, 0.15) is 30.5 Å². The van der Waals surface area contributed by atoms with Crippen molar-refractivity contribution in [3.63, 3.8) is 0 Å². The first kappa shape index (κ1) is 17.1. The van der Waals surface area contributed by atoms with Crippen molar-refractivity contribution >= 4 is 6.03 Å². The Hall–Kier alpha value is -2.29. The first-order valence-electron chi connectivity index (χ1n) is 8.20. The molecule has 2 amide bonds. The SMILES string of the molecule is Cc1cccc(CCNC(=O)N(Cc2ccccc2)C(C)C)c1. The number of hydrogen-bond donors (Lipinski definition) is 1. The standard InChI is InChI=1S/C20H26N2O/c1-16(2)22(15-19-9-5-4-6-10-19)20(23)21-13-12-18-11-7-8-17(3)14-18/h4-11,14,16H,12-13,15H2,1-3H3,(H,21,23). The number of carbonyl (C=O) groups is 1. The number of carbonyl (C=O) groups excluding carboxylic acids is 1. The van der Waals surface area contributed by atoms with Crippen LogP contribution in [0.15, 0.2) is 54.6 Å². The smallest absolute Gasteiger partial charge is 0.317 e. The van der Waals surface area contributed by atoms with Crippen molar-refractivity contribution in [2.75, 3.05) is 6.54 Å². The Bertz CT molecular complexity index is 623. The van der Waals surface area contributed by atoms with Gasteiger partial charge >= 0.3 is 6.03 Å². The summed E-state index contributed by atoms with van der Waals surface area (Å²) in [6, 6.07) is 18.7. The lowest BCUT2D eigenvalue weighted by Crippen LogP contribution is -2.44. The molecule has 2 aromatic rings. The van der Waals surface area contributed by atoms with Gasteiger partial charge in [0.2, 0.25) is 0 Å². The lowest BCUT2D eigenvalue weighted by molar-refractivity contribution is 0.180. The van der Waals surface area contributed by atoms with Crippen LogP contribution < -0.4 is 5.32 Å². The molecule has 0 atom stereocenters.